The smallest absolute Gasteiger partial charge is 0.323 e. The number of esters is 1. The van der Waals surface area contributed by atoms with Gasteiger partial charge in [-0.1, -0.05) is 88.1 Å². The van der Waals surface area contributed by atoms with E-state index in [1.165, 1.54) is 0 Å². The molecule has 1 aromatic rings. The lowest BCUT2D eigenvalue weighted by Crippen LogP contribution is -2.76. The number of hydrogen-bond donors (Lipinski definition) is 8. The Balaban J connectivity index is 1.24. The van der Waals surface area contributed by atoms with Gasteiger partial charge in [0.2, 0.25) is 0 Å². The van der Waals surface area contributed by atoms with Crippen LogP contribution in [0.2, 0.25) is 0 Å². The number of nitrogens with two attached hydrogens (primary N) is 1. The van der Waals surface area contributed by atoms with E-state index in [1.807, 2.05) is 30.3 Å². The Labute approximate surface area is 263 Å². The van der Waals surface area contributed by atoms with Crippen LogP contribution in [-0.2, 0) is 20.9 Å². The average molecular weight is 632 g/mol. The fraction of sp³-hybridized carbons (Fsp3) is 0.765. The van der Waals surface area contributed by atoms with Crippen molar-refractivity contribution in [3.63, 3.8) is 0 Å². The van der Waals surface area contributed by atoms with Crippen LogP contribution in [0.15, 0.2) is 30.3 Å². The van der Waals surface area contributed by atoms with Crippen LogP contribution in [0.1, 0.15) is 108 Å². The molecule has 3 unspecified atom stereocenters. The number of unbranched alkanes of at least 4 members (excludes halogenated alkanes) is 2. The fourth-order valence-corrected chi connectivity index (χ4v) is 11.1. The van der Waals surface area contributed by atoms with Crippen LogP contribution >= 0.6 is 0 Å². The number of carbonyl (C=O) groups is 2. The van der Waals surface area contributed by atoms with Crippen LogP contribution in [0.25, 0.3) is 0 Å². The van der Waals surface area contributed by atoms with Gasteiger partial charge in [0, 0.05) is 10.8 Å². The summed E-state index contributed by atoms with van der Waals surface area (Å²) in [6, 6.07) is 8.39. The number of rotatable bonds is 11. The van der Waals surface area contributed by atoms with Gasteiger partial charge >= 0.3 is 11.9 Å². The molecule has 0 heterocycles. The highest BCUT2D eigenvalue weighted by atomic mass is 16.5. The third kappa shape index (κ3) is 3.66. The first kappa shape index (κ1) is 32.8. The van der Waals surface area contributed by atoms with E-state index < -0.39 is 68.8 Å². The largest absolute Gasteiger partial charge is 0.481 e. The maximum atomic E-state index is 12.7. The van der Waals surface area contributed by atoms with Gasteiger partial charge in [0.25, 0.3) is 0 Å². The van der Waals surface area contributed by atoms with Gasteiger partial charge < -0.3 is 46.2 Å². The summed E-state index contributed by atoms with van der Waals surface area (Å²) in [5.74, 6) is -2.01. The summed E-state index contributed by atoms with van der Waals surface area (Å²) >= 11 is 0. The molecule has 7 atom stereocenters. The normalized spacial score (nSPS) is 41.1. The van der Waals surface area contributed by atoms with Crippen molar-refractivity contribution in [1.29, 1.82) is 0 Å². The monoisotopic (exact) mass is 631 g/mol. The molecule has 11 nitrogen and oxygen atoms in total. The Morgan fingerprint density at radius 1 is 0.711 bits per heavy atom. The van der Waals surface area contributed by atoms with Crippen molar-refractivity contribution in [3.05, 3.63) is 35.9 Å². The van der Waals surface area contributed by atoms with Crippen molar-refractivity contribution >= 4 is 11.9 Å². The second-order valence-electron chi connectivity index (χ2n) is 14.7. The first-order valence-corrected chi connectivity index (χ1v) is 16.7. The highest BCUT2D eigenvalue weighted by Gasteiger charge is 3.14. The summed E-state index contributed by atoms with van der Waals surface area (Å²) in [6.45, 7) is 0.112. The van der Waals surface area contributed by atoms with Crippen molar-refractivity contribution in [2.45, 2.75) is 149 Å². The minimum absolute atomic E-state index is 0.112. The molecule has 5 aliphatic rings. The van der Waals surface area contributed by atoms with E-state index in [0.717, 1.165) is 18.4 Å². The maximum Gasteiger partial charge on any atom is 0.323 e. The quantitative estimate of drug-likeness (QED) is 0.130. The summed E-state index contributed by atoms with van der Waals surface area (Å²) in [4.78, 5) is 24.6. The SMILES string of the molecule is NC(CCCCCC1(O)[C@@]2(O)C3(CCCCC3)[C@]2(O)C(O)(CC(=O)O)[C@@]2(O)C3(CCCCC3)[C@@]12O)C(=O)OCc1ccccc1. The van der Waals surface area contributed by atoms with Gasteiger partial charge in [-0.3, -0.25) is 9.59 Å². The Morgan fingerprint density at radius 3 is 1.69 bits per heavy atom. The highest BCUT2D eigenvalue weighted by molar-refractivity contribution is 5.75. The molecule has 11 heteroatoms. The lowest BCUT2D eigenvalue weighted by molar-refractivity contribution is -0.304. The van der Waals surface area contributed by atoms with Gasteiger partial charge in [-0.25, -0.2) is 0 Å². The number of carboxylic acids is 1. The topological polar surface area (TPSA) is 211 Å². The lowest BCUT2D eigenvalue weighted by atomic mass is 9.65. The van der Waals surface area contributed by atoms with Crippen molar-refractivity contribution in [1.82, 2.24) is 0 Å². The first-order valence-electron chi connectivity index (χ1n) is 16.7. The third-order valence-electron chi connectivity index (χ3n) is 13.0. The van der Waals surface area contributed by atoms with Gasteiger partial charge in [0.15, 0.2) is 0 Å². The first-order chi connectivity index (χ1) is 21.2. The fourth-order valence-electron chi connectivity index (χ4n) is 11.1. The molecule has 0 amide bonds. The van der Waals surface area contributed by atoms with E-state index >= 15 is 0 Å². The van der Waals surface area contributed by atoms with Crippen LogP contribution in [0, 0.1) is 10.8 Å². The Hall–Kier alpha value is -2.12. The molecular weight excluding hydrogens is 582 g/mol. The second-order valence-corrected chi connectivity index (χ2v) is 14.7. The van der Waals surface area contributed by atoms with E-state index in [9.17, 15) is 45.3 Å². The van der Waals surface area contributed by atoms with Gasteiger partial charge in [0.1, 0.15) is 46.3 Å². The maximum absolute atomic E-state index is 12.7. The molecular formula is C34H49NO10. The van der Waals surface area contributed by atoms with Crippen molar-refractivity contribution in [2.24, 2.45) is 16.6 Å². The molecule has 9 N–H and O–H groups in total. The Morgan fingerprint density at radius 2 is 1.20 bits per heavy atom. The molecule has 0 saturated heterocycles. The predicted molar refractivity (Wildman–Crippen MR) is 160 cm³/mol. The molecule has 5 aliphatic carbocycles. The third-order valence-corrected chi connectivity index (χ3v) is 13.0. The number of carbonyl (C=O) groups excluding carboxylic acids is 1. The van der Waals surface area contributed by atoms with Crippen LogP contribution in [0.3, 0.4) is 0 Å². The minimum Gasteiger partial charge on any atom is -0.481 e. The average Bonchev–Trinajstić information content (AvgIpc) is 3.67. The van der Waals surface area contributed by atoms with Gasteiger partial charge in [-0.05, 0) is 44.1 Å². The molecule has 6 rings (SSSR count). The standard InChI is InChI=1S/C34H49NO10/c35-24(26(38)45-22-23-13-5-1-6-14-23)15-7-2-12-20-29(39)31(41)27(16-8-3-9-17-27)33(31,43)30(40,21-25(36)37)34(44)28(32(29,34)42)18-10-4-11-19-28/h1,5-6,13-14,24,39-44H,2-4,7-12,15-22,35H2,(H,36,37)/t24?,29?,30?,31-,32+,33-,34-/m0/s1. The van der Waals surface area contributed by atoms with E-state index in [0.29, 0.717) is 44.9 Å². The number of aliphatic hydroxyl groups is 6. The summed E-state index contributed by atoms with van der Waals surface area (Å²) in [7, 11) is 0. The van der Waals surface area contributed by atoms with Crippen LogP contribution in [-0.4, -0.2) is 87.3 Å². The molecule has 0 bridgehead atoms. The summed E-state index contributed by atoms with van der Waals surface area (Å²) in [6.07, 6.45) is 4.94. The van der Waals surface area contributed by atoms with Crippen molar-refractivity contribution < 1.29 is 50.1 Å². The molecule has 0 aliphatic heterocycles. The summed E-state index contributed by atoms with van der Waals surface area (Å²) < 4.78 is 5.33. The van der Waals surface area contributed by atoms with E-state index in [2.05, 4.69) is 0 Å². The van der Waals surface area contributed by atoms with Crippen LogP contribution < -0.4 is 5.73 Å². The van der Waals surface area contributed by atoms with Gasteiger partial charge in [-0.2, -0.15) is 0 Å². The summed E-state index contributed by atoms with van der Waals surface area (Å²) in [5, 5.41) is 85.2. The van der Waals surface area contributed by atoms with E-state index in [-0.39, 0.29) is 45.1 Å². The molecule has 0 aromatic heterocycles. The zero-order chi connectivity index (χ0) is 32.6. The predicted octanol–water partition coefficient (Wildman–Crippen LogP) is 1.81. The zero-order valence-corrected chi connectivity index (χ0v) is 25.9. The second kappa shape index (κ2) is 10.7. The van der Waals surface area contributed by atoms with Gasteiger partial charge in [0.05, 0.1) is 6.42 Å². The number of fused-ring (bicyclic) bond motifs is 6. The Kier molecular flexibility index (Phi) is 7.80. The van der Waals surface area contributed by atoms with E-state index in [4.69, 9.17) is 10.5 Å². The number of hydrogen-bond acceptors (Lipinski definition) is 10. The van der Waals surface area contributed by atoms with Crippen molar-refractivity contribution in [2.75, 3.05) is 0 Å². The highest BCUT2D eigenvalue weighted by Crippen LogP contribution is 2.94. The number of ether oxygens (including phenoxy) is 1. The Bertz CT molecular complexity index is 1260. The zero-order valence-electron chi connectivity index (χ0n) is 25.9. The van der Waals surface area contributed by atoms with E-state index in [1.54, 1.807) is 0 Å². The number of carboxylic acid groups (broad SMARTS) is 1. The van der Waals surface area contributed by atoms with Gasteiger partial charge in [-0.15, -0.1) is 0 Å². The lowest BCUT2D eigenvalue weighted by Gasteiger charge is -2.51. The molecule has 5 fully saturated rings. The van der Waals surface area contributed by atoms with Crippen LogP contribution in [0.5, 0.6) is 0 Å². The summed E-state index contributed by atoms with van der Waals surface area (Å²) in [5.41, 5.74) is -11.3. The molecule has 250 valence electrons. The van der Waals surface area contributed by atoms with Crippen molar-refractivity contribution in [3.8, 4) is 0 Å². The minimum atomic E-state index is -2.79. The molecule has 5 saturated carbocycles. The number of aliphatic carboxylic acids is 1. The number of benzene rings is 1. The van der Waals surface area contributed by atoms with Crippen LogP contribution in [0.4, 0.5) is 0 Å². The molecule has 1 aromatic carbocycles. The molecule has 0 radical (unpaired) electrons. The molecule has 2 spiro atoms. The molecule has 45 heavy (non-hydrogen) atoms.